The Morgan fingerprint density at radius 3 is 2.37 bits per heavy atom. The molecule has 0 aliphatic carbocycles. The second-order valence-electron chi connectivity index (χ2n) is 6.92. The molecule has 2 aliphatic heterocycles. The van der Waals surface area contributed by atoms with Crippen molar-refractivity contribution < 1.29 is 9.90 Å². The van der Waals surface area contributed by atoms with E-state index in [2.05, 4.69) is 30.7 Å². The van der Waals surface area contributed by atoms with Gasteiger partial charge < -0.3 is 10.0 Å². The predicted octanol–water partition coefficient (Wildman–Crippen LogP) is 1.61. The molecule has 0 spiro atoms. The van der Waals surface area contributed by atoms with E-state index in [1.54, 1.807) is 0 Å². The molecule has 4 nitrogen and oxygen atoms in total. The number of aliphatic carboxylic acids is 1. The largest absolute Gasteiger partial charge is 0.481 e. The fourth-order valence-corrected chi connectivity index (χ4v) is 5.02. The van der Waals surface area contributed by atoms with Gasteiger partial charge in [0.25, 0.3) is 0 Å². The van der Waals surface area contributed by atoms with E-state index in [1.165, 1.54) is 0 Å². The van der Waals surface area contributed by atoms with Crippen molar-refractivity contribution in [3.05, 3.63) is 0 Å². The van der Waals surface area contributed by atoms with Crippen LogP contribution in [0.5, 0.6) is 0 Å². The molecule has 1 unspecified atom stereocenters. The second-order valence-corrected chi connectivity index (χ2v) is 7.90. The van der Waals surface area contributed by atoms with Crippen molar-refractivity contribution in [2.75, 3.05) is 44.7 Å². The van der Waals surface area contributed by atoms with Gasteiger partial charge in [0.05, 0.1) is 6.42 Å². The van der Waals surface area contributed by atoms with Crippen LogP contribution in [0.1, 0.15) is 26.7 Å². The van der Waals surface area contributed by atoms with Crippen molar-refractivity contribution in [3.8, 4) is 0 Å². The first-order chi connectivity index (χ1) is 8.83. The van der Waals surface area contributed by atoms with Gasteiger partial charge in [-0.25, -0.2) is 0 Å². The average molecular weight is 286 g/mol. The molecule has 0 aromatic carbocycles. The van der Waals surface area contributed by atoms with Gasteiger partial charge in [-0.05, 0) is 24.6 Å². The fourth-order valence-electron chi connectivity index (χ4n) is 3.50. The molecule has 5 heteroatoms. The van der Waals surface area contributed by atoms with E-state index in [0.717, 1.165) is 44.1 Å². The molecule has 1 atom stereocenters. The van der Waals surface area contributed by atoms with Crippen molar-refractivity contribution in [3.63, 3.8) is 0 Å². The highest BCUT2D eigenvalue weighted by molar-refractivity contribution is 7.99. The number of rotatable bonds is 3. The van der Waals surface area contributed by atoms with E-state index in [4.69, 9.17) is 0 Å². The van der Waals surface area contributed by atoms with Crippen molar-refractivity contribution >= 4 is 17.7 Å². The molecule has 0 aromatic rings. The lowest BCUT2D eigenvalue weighted by molar-refractivity contribution is -0.141. The number of thioether (sulfide) groups is 1. The number of piperazine rings is 1. The van der Waals surface area contributed by atoms with E-state index in [-0.39, 0.29) is 17.4 Å². The number of carboxylic acids is 1. The van der Waals surface area contributed by atoms with Gasteiger partial charge in [0.2, 0.25) is 0 Å². The van der Waals surface area contributed by atoms with Gasteiger partial charge in [-0.15, -0.1) is 0 Å². The minimum absolute atomic E-state index is 0.139. The van der Waals surface area contributed by atoms with Crippen LogP contribution in [0.3, 0.4) is 0 Å². The summed E-state index contributed by atoms with van der Waals surface area (Å²) in [5.41, 5.74) is 0.0984. The third-order valence-electron chi connectivity index (χ3n) is 4.33. The fraction of sp³-hybridized carbons (Fsp3) is 0.929. The van der Waals surface area contributed by atoms with Gasteiger partial charge in [-0.3, -0.25) is 9.69 Å². The standard InChI is InChI=1S/C14H26N2O2S/c1-13(2)9-14(8-12(17)18,11-19-10-13)16-6-4-15(3)5-7-16/h4-11H2,1-3H3,(H,17,18). The Balaban J connectivity index is 2.16. The third kappa shape index (κ3) is 3.64. The molecule has 19 heavy (non-hydrogen) atoms. The van der Waals surface area contributed by atoms with Crippen molar-refractivity contribution in [2.45, 2.75) is 32.2 Å². The summed E-state index contributed by atoms with van der Waals surface area (Å²) < 4.78 is 0. The number of carboxylic acid groups (broad SMARTS) is 1. The highest BCUT2D eigenvalue weighted by atomic mass is 32.2. The Morgan fingerprint density at radius 1 is 1.21 bits per heavy atom. The summed E-state index contributed by atoms with van der Waals surface area (Å²) in [6, 6.07) is 0. The maximum atomic E-state index is 11.3. The molecule has 2 saturated heterocycles. The minimum Gasteiger partial charge on any atom is -0.481 e. The zero-order valence-corrected chi connectivity index (χ0v) is 13.1. The number of hydrogen-bond acceptors (Lipinski definition) is 4. The highest BCUT2D eigenvalue weighted by Gasteiger charge is 2.46. The zero-order chi connectivity index (χ0) is 14.1. The van der Waals surface area contributed by atoms with Crippen molar-refractivity contribution in [1.29, 1.82) is 0 Å². The van der Waals surface area contributed by atoms with Gasteiger partial charge >= 0.3 is 5.97 Å². The van der Waals surface area contributed by atoms with Crippen LogP contribution in [0.25, 0.3) is 0 Å². The molecule has 2 heterocycles. The van der Waals surface area contributed by atoms with Gasteiger partial charge in [-0.2, -0.15) is 11.8 Å². The van der Waals surface area contributed by atoms with Crippen LogP contribution in [0.4, 0.5) is 0 Å². The molecular weight excluding hydrogens is 260 g/mol. The molecule has 2 fully saturated rings. The molecule has 2 aliphatic rings. The van der Waals surface area contributed by atoms with Crippen LogP contribution >= 0.6 is 11.8 Å². The molecule has 0 radical (unpaired) electrons. The Labute approximate surface area is 120 Å². The number of carbonyl (C=O) groups is 1. The van der Waals surface area contributed by atoms with Gasteiger partial charge in [0, 0.05) is 37.5 Å². The maximum Gasteiger partial charge on any atom is 0.305 e. The lowest BCUT2D eigenvalue weighted by Crippen LogP contribution is -2.61. The SMILES string of the molecule is CN1CCN(C2(CC(=O)O)CSCC(C)(C)C2)CC1. The summed E-state index contributed by atoms with van der Waals surface area (Å²) in [5.74, 6) is 1.45. The first-order valence-corrected chi connectivity index (χ1v) is 8.22. The van der Waals surface area contributed by atoms with Gasteiger partial charge in [-0.1, -0.05) is 13.8 Å². The van der Waals surface area contributed by atoms with E-state index in [1.807, 2.05) is 11.8 Å². The average Bonchev–Trinajstić information content (AvgIpc) is 2.27. The normalized spacial score (nSPS) is 33.2. The van der Waals surface area contributed by atoms with E-state index >= 15 is 0 Å². The van der Waals surface area contributed by atoms with E-state index in [9.17, 15) is 9.90 Å². The summed E-state index contributed by atoms with van der Waals surface area (Å²) in [5, 5.41) is 9.34. The van der Waals surface area contributed by atoms with Crippen molar-refractivity contribution in [1.82, 2.24) is 9.80 Å². The van der Waals surface area contributed by atoms with Crippen LogP contribution in [-0.4, -0.2) is 71.1 Å². The monoisotopic (exact) mass is 286 g/mol. The lowest BCUT2D eigenvalue weighted by Gasteiger charge is -2.52. The van der Waals surface area contributed by atoms with Crippen LogP contribution in [0.2, 0.25) is 0 Å². The van der Waals surface area contributed by atoms with Gasteiger partial charge in [0.15, 0.2) is 0 Å². The van der Waals surface area contributed by atoms with E-state index < -0.39 is 5.97 Å². The Morgan fingerprint density at radius 2 is 1.84 bits per heavy atom. The first-order valence-electron chi connectivity index (χ1n) is 7.06. The first kappa shape index (κ1) is 15.1. The van der Waals surface area contributed by atoms with Crippen LogP contribution < -0.4 is 0 Å². The Bertz CT molecular complexity index is 340. The molecule has 110 valence electrons. The molecule has 1 N–H and O–H groups in total. The number of nitrogens with zero attached hydrogens (tertiary/aromatic N) is 2. The van der Waals surface area contributed by atoms with Crippen LogP contribution in [0.15, 0.2) is 0 Å². The summed E-state index contributed by atoms with van der Waals surface area (Å²) in [4.78, 5) is 16.1. The van der Waals surface area contributed by atoms with Crippen molar-refractivity contribution in [2.24, 2.45) is 5.41 Å². The third-order valence-corrected chi connectivity index (χ3v) is 6.05. The molecule has 0 aromatic heterocycles. The number of hydrogen-bond donors (Lipinski definition) is 1. The Hall–Kier alpha value is -0.260. The van der Waals surface area contributed by atoms with Crippen LogP contribution in [-0.2, 0) is 4.79 Å². The van der Waals surface area contributed by atoms with Crippen LogP contribution in [0, 0.1) is 5.41 Å². The highest BCUT2D eigenvalue weighted by Crippen LogP contribution is 2.44. The summed E-state index contributed by atoms with van der Waals surface area (Å²) >= 11 is 1.93. The Kier molecular flexibility index (Phi) is 4.48. The topological polar surface area (TPSA) is 43.8 Å². The zero-order valence-electron chi connectivity index (χ0n) is 12.3. The summed E-state index contributed by atoms with van der Waals surface area (Å²) in [6.45, 7) is 8.64. The summed E-state index contributed by atoms with van der Waals surface area (Å²) in [7, 11) is 2.14. The van der Waals surface area contributed by atoms with E-state index in [0.29, 0.717) is 0 Å². The van der Waals surface area contributed by atoms with Gasteiger partial charge in [0.1, 0.15) is 0 Å². The predicted molar refractivity (Wildman–Crippen MR) is 79.8 cm³/mol. The quantitative estimate of drug-likeness (QED) is 0.854. The molecular formula is C14H26N2O2S. The molecule has 0 amide bonds. The smallest absolute Gasteiger partial charge is 0.305 e. The summed E-state index contributed by atoms with van der Waals surface area (Å²) in [6.07, 6.45) is 1.29. The molecule has 0 saturated carbocycles. The second kappa shape index (κ2) is 5.62. The molecule has 2 rings (SSSR count). The minimum atomic E-state index is -0.655. The number of likely N-dealkylation sites (N-methyl/N-ethyl adjacent to an activating group) is 1. The lowest BCUT2D eigenvalue weighted by atomic mass is 9.76. The maximum absolute atomic E-state index is 11.3. The molecule has 0 bridgehead atoms.